The van der Waals surface area contributed by atoms with E-state index < -0.39 is 48.3 Å². The van der Waals surface area contributed by atoms with Gasteiger partial charge in [0.1, 0.15) is 12.5 Å². The molecule has 0 aliphatic carbocycles. The van der Waals surface area contributed by atoms with Gasteiger partial charge in [-0.1, -0.05) is 6.92 Å². The lowest BCUT2D eigenvalue weighted by molar-refractivity contribution is -0.144. The third kappa shape index (κ3) is 71.2. The van der Waals surface area contributed by atoms with E-state index in [1.165, 1.54) is 67.2 Å². The fourth-order valence-electron chi connectivity index (χ4n) is 3.40. The summed E-state index contributed by atoms with van der Waals surface area (Å²) in [7, 11) is 0. The maximum atomic E-state index is 10.7. The van der Waals surface area contributed by atoms with Gasteiger partial charge in [-0.3, -0.25) is 67.1 Å². The quantitative estimate of drug-likeness (QED) is 0.0150. The van der Waals surface area contributed by atoms with Gasteiger partial charge in [-0.25, -0.2) is 4.79 Å². The van der Waals surface area contributed by atoms with Crippen molar-refractivity contribution in [3.05, 3.63) is 0 Å². The van der Waals surface area contributed by atoms with Crippen molar-refractivity contribution in [2.24, 2.45) is 29.2 Å². The van der Waals surface area contributed by atoms with Crippen molar-refractivity contribution in [2.45, 2.75) is 75.3 Å². The Kier molecular flexibility index (Phi) is 52.4. The van der Waals surface area contributed by atoms with E-state index in [-0.39, 0.29) is 92.7 Å². The number of carbonyl (C=O) groups is 15. The van der Waals surface area contributed by atoms with Crippen LogP contribution in [-0.2, 0) is 76.7 Å². The summed E-state index contributed by atoms with van der Waals surface area (Å²) in [5, 5.41) is 41.6. The number of nitrogens with zero attached hydrogens (tertiary/aromatic N) is 1. The first-order chi connectivity index (χ1) is 32.9. The summed E-state index contributed by atoms with van der Waals surface area (Å²) in [5.41, 5.74) is 9.39. The van der Waals surface area contributed by atoms with Crippen molar-refractivity contribution in [3.63, 3.8) is 0 Å². The summed E-state index contributed by atoms with van der Waals surface area (Å²) in [5.74, 6) is -6.05. The molecule has 31 nitrogen and oxygen atoms in total. The van der Waals surface area contributed by atoms with Gasteiger partial charge in [-0.2, -0.15) is 0 Å². The topological polar surface area (TPSA) is 481 Å². The molecule has 0 aromatic carbocycles. The highest BCUT2D eigenvalue weighted by atomic mass is 16.5. The van der Waals surface area contributed by atoms with Crippen molar-refractivity contribution in [1.82, 2.24) is 58.1 Å². The van der Waals surface area contributed by atoms with Crippen molar-refractivity contribution < 1.29 is 86.9 Å². The van der Waals surface area contributed by atoms with Crippen LogP contribution in [0.15, 0.2) is 0 Å². The van der Waals surface area contributed by atoms with E-state index in [1.54, 1.807) is 0 Å². The number of nitrogens with one attached hydrogen (secondary N) is 10. The van der Waals surface area contributed by atoms with Gasteiger partial charge < -0.3 is 84.5 Å². The molecule has 0 heterocycles. The maximum Gasteiger partial charge on any atom is 0.329 e. The van der Waals surface area contributed by atoms with E-state index >= 15 is 0 Å². The molecule has 0 aromatic rings. The zero-order valence-corrected chi connectivity index (χ0v) is 41.8. The molecular formula is C40H75N13O18. The molecule has 0 fully saturated rings. The van der Waals surface area contributed by atoms with E-state index in [1.807, 2.05) is 6.92 Å². The normalized spacial score (nSPS) is 9.27. The summed E-state index contributed by atoms with van der Waals surface area (Å²) >= 11 is 0. The summed E-state index contributed by atoms with van der Waals surface area (Å²) in [6.45, 7) is 16.8. The van der Waals surface area contributed by atoms with Gasteiger partial charge in [0.05, 0.1) is 25.4 Å². The standard InChI is InChI=1S/C9H16N2O5.C8H16N2O2.C7H13N3O3.C6H10N2O4.C6H12N2O2.C4H8N2O2/c1-6(12)10-3-8(4-11-7(2)13)16-5-9(14)15;1-6(4-9-7(2)11)5-10-8(3)12;1-6(12)8-3-10(5-11)4-9-7(2)13;9-3-7-1-5(6(11)12)2-8-4-10;1-5(9)7-3-4-8-6(2)10;1-2(3(5)7)4(6)8/h8H,3-5H2,1-2H3,(H,10,12)(H,11,13)(H,14,15);6H,4-5H2,1-3H3,(H,9,11)(H,10,12);5H,3-4H2,1-2H3,(H,8,12)(H,9,13);3-5H,1-2H2,(H,7,9)(H,8,10)(H,11,12);3-4H2,1-2H3,(H,7,9)(H,8,10);2H,1H3,(H2,5,7)(H2,6,8). The van der Waals surface area contributed by atoms with E-state index in [0.717, 1.165) is 0 Å². The van der Waals surface area contributed by atoms with E-state index in [4.69, 9.17) is 26.4 Å². The number of amides is 13. The molecule has 13 amide bonds. The fourth-order valence-corrected chi connectivity index (χ4v) is 3.40. The lowest BCUT2D eigenvalue weighted by atomic mass is 10.1. The van der Waals surface area contributed by atoms with Gasteiger partial charge >= 0.3 is 11.9 Å². The van der Waals surface area contributed by atoms with Crippen LogP contribution in [0.25, 0.3) is 0 Å². The Morgan fingerprint density at radius 3 is 1.03 bits per heavy atom. The molecule has 0 spiro atoms. The molecule has 0 unspecified atom stereocenters. The first kappa shape index (κ1) is 74.5. The summed E-state index contributed by atoms with van der Waals surface area (Å²) in [6, 6.07) is 0. The molecule has 0 bridgehead atoms. The maximum absolute atomic E-state index is 10.7. The second kappa shape index (κ2) is 49.9. The van der Waals surface area contributed by atoms with Gasteiger partial charge in [0.15, 0.2) is 0 Å². The lowest BCUT2D eigenvalue weighted by Gasteiger charge is -2.17. The van der Waals surface area contributed by atoms with E-state index in [0.29, 0.717) is 45.4 Å². The number of ether oxygens (including phenoxy) is 1. The molecule has 0 aliphatic rings. The molecule has 0 saturated heterocycles. The van der Waals surface area contributed by atoms with Crippen LogP contribution in [0, 0.1) is 17.8 Å². The van der Waals surface area contributed by atoms with Gasteiger partial charge in [0.2, 0.25) is 78.3 Å². The number of hydrogen-bond donors (Lipinski definition) is 14. The van der Waals surface area contributed by atoms with Crippen LogP contribution in [0.1, 0.15) is 69.2 Å². The Labute approximate surface area is 411 Å². The zero-order valence-electron chi connectivity index (χ0n) is 41.8. The Hall–Kier alpha value is -7.99. The lowest BCUT2D eigenvalue weighted by Crippen LogP contribution is -2.42. The number of nitrogens with two attached hydrogens (primary N) is 2. The van der Waals surface area contributed by atoms with Crippen molar-refractivity contribution in [1.29, 1.82) is 0 Å². The van der Waals surface area contributed by atoms with Crippen LogP contribution in [0.5, 0.6) is 0 Å². The van der Waals surface area contributed by atoms with Crippen LogP contribution in [-0.4, -0.2) is 184 Å². The van der Waals surface area contributed by atoms with E-state index in [2.05, 4.69) is 53.2 Å². The molecule has 16 N–H and O–H groups in total. The molecule has 71 heavy (non-hydrogen) atoms. The van der Waals surface area contributed by atoms with E-state index in [9.17, 15) is 71.9 Å². The monoisotopic (exact) mass is 1030 g/mol. The molecular weight excluding hydrogens is 951 g/mol. The predicted molar refractivity (Wildman–Crippen MR) is 251 cm³/mol. The number of primary amides is 2. The number of carboxylic acids is 2. The van der Waals surface area contributed by atoms with Crippen molar-refractivity contribution >= 4 is 90.2 Å². The Balaban J connectivity index is -0.000000181. The number of aliphatic carboxylic acids is 2. The smallest absolute Gasteiger partial charge is 0.329 e. The Bertz CT molecular complexity index is 1550. The van der Waals surface area contributed by atoms with Gasteiger partial charge in [0.25, 0.3) is 0 Å². The Morgan fingerprint density at radius 1 is 0.493 bits per heavy atom. The summed E-state index contributed by atoms with van der Waals surface area (Å²) in [4.78, 5) is 156. The van der Waals surface area contributed by atoms with Crippen molar-refractivity contribution in [2.75, 3.05) is 72.3 Å². The largest absolute Gasteiger partial charge is 0.481 e. The minimum Gasteiger partial charge on any atom is -0.481 e. The second-order valence-corrected chi connectivity index (χ2v) is 14.2. The predicted octanol–water partition coefficient (Wildman–Crippen LogP) is -6.71. The molecule has 0 aliphatic heterocycles. The Morgan fingerprint density at radius 2 is 0.803 bits per heavy atom. The molecule has 0 atom stereocenters. The van der Waals surface area contributed by atoms with Crippen LogP contribution in [0.4, 0.5) is 0 Å². The highest BCUT2D eigenvalue weighted by Gasteiger charge is 2.16. The van der Waals surface area contributed by atoms with Gasteiger partial charge in [-0.05, 0) is 12.8 Å². The minimum absolute atomic E-state index is 0.0136. The second-order valence-electron chi connectivity index (χ2n) is 14.2. The zero-order chi connectivity index (χ0) is 56.5. The van der Waals surface area contributed by atoms with Crippen molar-refractivity contribution in [3.8, 4) is 0 Å². The number of rotatable bonds is 28. The van der Waals surface area contributed by atoms with Gasteiger partial charge in [0, 0.05) is 108 Å². The van der Waals surface area contributed by atoms with Gasteiger partial charge in [-0.15, -0.1) is 0 Å². The molecule has 0 radical (unpaired) electrons. The van der Waals surface area contributed by atoms with Crippen LogP contribution in [0.2, 0.25) is 0 Å². The third-order valence-corrected chi connectivity index (χ3v) is 7.18. The highest BCUT2D eigenvalue weighted by molar-refractivity contribution is 5.98. The van der Waals surface area contributed by atoms with Crippen LogP contribution in [0.3, 0.4) is 0 Å². The average molecular weight is 1030 g/mol. The minimum atomic E-state index is -1.10. The number of hydrogen-bond acceptors (Lipinski definition) is 16. The molecule has 31 heteroatoms. The SMILES string of the molecule is CC(=O)NCC(C)CNC(C)=O.CC(=O)NCC(CNC(C)=O)OCC(=O)O.CC(=O)NCCNC(C)=O.CC(=O)NCN(C=O)CNC(C)=O.CC(C(N)=O)C(N)=O.O=CNCC(CNC=O)C(=O)O. The number of carbonyl (C=O) groups excluding carboxylic acids is 13. The van der Waals surface area contributed by atoms with Crippen LogP contribution >= 0.6 is 0 Å². The first-order valence-electron chi connectivity index (χ1n) is 21.0. The highest BCUT2D eigenvalue weighted by Crippen LogP contribution is 1.92. The fraction of sp³-hybridized carbons (Fsp3) is 0.625. The van der Waals surface area contributed by atoms with Crippen LogP contribution < -0.4 is 64.6 Å². The number of carboxylic acid groups (broad SMARTS) is 2. The summed E-state index contributed by atoms with van der Waals surface area (Å²) < 4.78 is 4.98. The molecule has 0 saturated carbocycles. The molecule has 0 aromatic heterocycles. The molecule has 408 valence electrons. The first-order valence-corrected chi connectivity index (χ1v) is 21.0. The summed E-state index contributed by atoms with van der Waals surface area (Å²) in [6.07, 6.45) is 0.823. The molecule has 0 rings (SSSR count). The average Bonchev–Trinajstić information content (AvgIpc) is 3.26. The third-order valence-electron chi connectivity index (χ3n) is 7.18.